The Morgan fingerprint density at radius 1 is 1.90 bits per heavy atom. The Kier molecular flexibility index (Phi) is 2.06. The van der Waals surface area contributed by atoms with Crippen LogP contribution >= 0.6 is 0 Å². The minimum absolute atomic E-state index is 0.0396. The van der Waals surface area contributed by atoms with Gasteiger partial charge in [-0.15, -0.1) is 0 Å². The molecule has 0 saturated heterocycles. The molecule has 0 saturated carbocycles. The smallest absolute Gasteiger partial charge is 0.183 e. The van der Waals surface area contributed by atoms with Crippen LogP contribution in [0.2, 0.25) is 0 Å². The summed E-state index contributed by atoms with van der Waals surface area (Å²) in [4.78, 5) is 10.7. The topological polar surface area (TPSA) is 52.3 Å². The Morgan fingerprint density at radius 2 is 2.60 bits per heavy atom. The highest BCUT2D eigenvalue weighted by atomic mass is 16.5. The Labute approximate surface area is 59.8 Å². The Bertz CT molecular complexity index is 174. The fraction of sp³-hybridized carbons (Fsp3) is 0.571. The molecule has 0 aromatic rings. The largest absolute Gasteiger partial charge is 0.400 e. The molecule has 1 rings (SSSR count). The lowest BCUT2D eigenvalue weighted by atomic mass is 10.1. The van der Waals surface area contributed by atoms with Gasteiger partial charge in [0, 0.05) is 11.8 Å². The van der Waals surface area contributed by atoms with Crippen LogP contribution in [-0.4, -0.2) is 18.5 Å². The summed E-state index contributed by atoms with van der Waals surface area (Å²) in [5.41, 5.74) is 6.05. The van der Waals surface area contributed by atoms with Crippen molar-refractivity contribution in [2.24, 2.45) is 5.73 Å². The maximum atomic E-state index is 10.7. The number of carbonyl (C=O) groups is 1. The Balaban J connectivity index is 2.67. The van der Waals surface area contributed by atoms with E-state index in [2.05, 4.69) is 0 Å². The lowest BCUT2D eigenvalue weighted by Gasteiger charge is -2.19. The summed E-state index contributed by atoms with van der Waals surface area (Å²) >= 11 is 0. The zero-order chi connectivity index (χ0) is 7.56. The van der Waals surface area contributed by atoms with Gasteiger partial charge in [0.25, 0.3) is 0 Å². The van der Waals surface area contributed by atoms with Gasteiger partial charge in [-0.1, -0.05) is 6.92 Å². The lowest BCUT2D eigenvalue weighted by Crippen LogP contribution is -2.29. The standard InChI is InChI=1S/C7H11NO2/c1-2-7-6(8)3-5(9)4-10-7/h3,7H,2,4,8H2,1H3. The average Bonchev–Trinajstić information content (AvgIpc) is 1.88. The molecule has 0 bridgehead atoms. The van der Waals surface area contributed by atoms with Crippen molar-refractivity contribution in [3.63, 3.8) is 0 Å². The molecule has 0 fully saturated rings. The minimum Gasteiger partial charge on any atom is -0.400 e. The normalized spacial score (nSPS) is 26.3. The van der Waals surface area contributed by atoms with E-state index >= 15 is 0 Å². The van der Waals surface area contributed by atoms with Crippen molar-refractivity contribution in [2.75, 3.05) is 6.61 Å². The molecule has 0 amide bonds. The van der Waals surface area contributed by atoms with Crippen molar-refractivity contribution in [1.29, 1.82) is 0 Å². The number of hydrogen-bond donors (Lipinski definition) is 1. The van der Waals surface area contributed by atoms with E-state index in [1.165, 1.54) is 6.08 Å². The molecular weight excluding hydrogens is 130 g/mol. The van der Waals surface area contributed by atoms with E-state index < -0.39 is 0 Å². The van der Waals surface area contributed by atoms with Gasteiger partial charge in [-0.3, -0.25) is 4.79 Å². The molecule has 0 aromatic carbocycles. The van der Waals surface area contributed by atoms with Gasteiger partial charge in [0.2, 0.25) is 0 Å². The molecular formula is C7H11NO2. The van der Waals surface area contributed by atoms with E-state index in [0.717, 1.165) is 6.42 Å². The van der Waals surface area contributed by atoms with Crippen LogP contribution in [0.4, 0.5) is 0 Å². The van der Waals surface area contributed by atoms with Crippen molar-refractivity contribution in [1.82, 2.24) is 0 Å². The first-order valence-corrected chi connectivity index (χ1v) is 3.35. The first kappa shape index (κ1) is 7.28. The molecule has 10 heavy (non-hydrogen) atoms. The number of ether oxygens (including phenoxy) is 1. The molecule has 1 atom stereocenters. The molecule has 0 spiro atoms. The molecule has 2 N–H and O–H groups in total. The van der Waals surface area contributed by atoms with Crippen LogP contribution in [0.1, 0.15) is 13.3 Å². The van der Waals surface area contributed by atoms with Gasteiger partial charge in [0.15, 0.2) is 5.78 Å². The summed E-state index contributed by atoms with van der Waals surface area (Å²) in [5, 5.41) is 0. The van der Waals surface area contributed by atoms with Crippen LogP contribution in [0.25, 0.3) is 0 Å². The molecule has 1 aliphatic heterocycles. The molecule has 3 heteroatoms. The van der Waals surface area contributed by atoms with E-state index in [1.807, 2.05) is 6.92 Å². The molecule has 1 aliphatic rings. The summed E-state index contributed by atoms with van der Waals surface area (Å²) in [6.45, 7) is 2.15. The Hall–Kier alpha value is -0.830. The van der Waals surface area contributed by atoms with Gasteiger partial charge in [-0.25, -0.2) is 0 Å². The average molecular weight is 141 g/mol. The van der Waals surface area contributed by atoms with Gasteiger partial charge in [0.05, 0.1) is 6.10 Å². The van der Waals surface area contributed by atoms with Gasteiger partial charge in [0.1, 0.15) is 6.61 Å². The summed E-state index contributed by atoms with van der Waals surface area (Å²) in [7, 11) is 0. The summed E-state index contributed by atoms with van der Waals surface area (Å²) < 4.78 is 5.11. The van der Waals surface area contributed by atoms with Crippen molar-refractivity contribution < 1.29 is 9.53 Å². The van der Waals surface area contributed by atoms with E-state index in [0.29, 0.717) is 5.70 Å². The fourth-order valence-corrected chi connectivity index (χ4v) is 0.953. The molecule has 56 valence electrons. The Morgan fingerprint density at radius 3 is 3.10 bits per heavy atom. The van der Waals surface area contributed by atoms with E-state index in [9.17, 15) is 4.79 Å². The van der Waals surface area contributed by atoms with Gasteiger partial charge in [-0.05, 0) is 6.42 Å². The van der Waals surface area contributed by atoms with Crippen molar-refractivity contribution in [2.45, 2.75) is 19.4 Å². The molecule has 3 nitrogen and oxygen atoms in total. The minimum atomic E-state index is -0.0438. The summed E-state index contributed by atoms with van der Waals surface area (Å²) in [6.07, 6.45) is 2.24. The van der Waals surface area contributed by atoms with Crippen LogP contribution in [0.5, 0.6) is 0 Å². The highest BCUT2D eigenvalue weighted by Gasteiger charge is 2.17. The van der Waals surface area contributed by atoms with Crippen LogP contribution in [0.3, 0.4) is 0 Å². The predicted molar refractivity (Wildman–Crippen MR) is 37.3 cm³/mol. The number of hydrogen-bond acceptors (Lipinski definition) is 3. The summed E-state index contributed by atoms with van der Waals surface area (Å²) in [6, 6.07) is 0. The van der Waals surface area contributed by atoms with Crippen LogP contribution in [0.15, 0.2) is 11.8 Å². The second-order valence-electron chi connectivity index (χ2n) is 2.32. The highest BCUT2D eigenvalue weighted by molar-refractivity contribution is 5.92. The quantitative estimate of drug-likeness (QED) is 0.567. The van der Waals surface area contributed by atoms with Crippen LogP contribution in [0, 0.1) is 0 Å². The van der Waals surface area contributed by atoms with Crippen LogP contribution in [-0.2, 0) is 9.53 Å². The molecule has 0 aliphatic carbocycles. The maximum Gasteiger partial charge on any atom is 0.183 e. The third-order valence-electron chi connectivity index (χ3n) is 1.50. The second kappa shape index (κ2) is 2.84. The zero-order valence-corrected chi connectivity index (χ0v) is 5.96. The second-order valence-corrected chi connectivity index (χ2v) is 2.32. The monoisotopic (exact) mass is 141 g/mol. The third-order valence-corrected chi connectivity index (χ3v) is 1.50. The first-order valence-electron chi connectivity index (χ1n) is 3.35. The predicted octanol–water partition coefficient (Wildman–Crippen LogP) is 0.207. The van der Waals surface area contributed by atoms with Crippen molar-refractivity contribution in [3.8, 4) is 0 Å². The molecule has 1 heterocycles. The fourth-order valence-electron chi connectivity index (χ4n) is 0.953. The van der Waals surface area contributed by atoms with Gasteiger partial charge in [-0.2, -0.15) is 0 Å². The highest BCUT2D eigenvalue weighted by Crippen LogP contribution is 2.10. The zero-order valence-electron chi connectivity index (χ0n) is 5.96. The molecule has 0 aromatic heterocycles. The third kappa shape index (κ3) is 1.36. The number of nitrogens with two attached hydrogens (primary N) is 1. The molecule has 1 unspecified atom stereocenters. The molecule has 0 radical (unpaired) electrons. The van der Waals surface area contributed by atoms with Crippen molar-refractivity contribution in [3.05, 3.63) is 11.8 Å². The number of ketones is 1. The van der Waals surface area contributed by atoms with Gasteiger partial charge >= 0.3 is 0 Å². The SMILES string of the molecule is CCC1OCC(=O)C=C1N. The summed E-state index contributed by atoms with van der Waals surface area (Å²) in [5.74, 6) is -0.0396. The maximum absolute atomic E-state index is 10.7. The lowest BCUT2D eigenvalue weighted by molar-refractivity contribution is -0.121. The van der Waals surface area contributed by atoms with E-state index in [4.69, 9.17) is 10.5 Å². The van der Waals surface area contributed by atoms with Crippen LogP contribution < -0.4 is 5.73 Å². The van der Waals surface area contributed by atoms with Crippen molar-refractivity contribution >= 4 is 5.78 Å². The number of carbonyl (C=O) groups excluding carboxylic acids is 1. The van der Waals surface area contributed by atoms with E-state index in [1.54, 1.807) is 0 Å². The van der Waals surface area contributed by atoms with E-state index in [-0.39, 0.29) is 18.5 Å². The van der Waals surface area contributed by atoms with Gasteiger partial charge < -0.3 is 10.5 Å². The first-order chi connectivity index (χ1) is 4.74. The number of rotatable bonds is 1.